The normalized spacial score (nSPS) is 12.3. The van der Waals surface area contributed by atoms with Crippen molar-refractivity contribution in [2.45, 2.75) is 32.7 Å². The Morgan fingerprint density at radius 3 is 2.33 bits per heavy atom. The minimum Gasteiger partial charge on any atom is -0.315 e. The summed E-state index contributed by atoms with van der Waals surface area (Å²) in [5, 5.41) is 3.16. The predicted molar refractivity (Wildman–Crippen MR) is 48.8 cm³/mol. The number of rotatable bonds is 6. The fourth-order valence-electron chi connectivity index (χ4n) is 0.800. The zero-order chi connectivity index (χ0) is 9.61. The fourth-order valence-corrected chi connectivity index (χ4v) is 1.37. The van der Waals surface area contributed by atoms with Crippen molar-refractivity contribution in [3.05, 3.63) is 0 Å². The van der Waals surface area contributed by atoms with Crippen molar-refractivity contribution >= 4 is 10.1 Å². The summed E-state index contributed by atoms with van der Waals surface area (Å²) in [6.45, 7) is 4.86. The first-order chi connectivity index (χ1) is 5.42. The molecule has 0 aromatic heterocycles. The third-order valence-corrected chi connectivity index (χ3v) is 2.19. The molecule has 0 aliphatic heterocycles. The summed E-state index contributed by atoms with van der Waals surface area (Å²) in [7, 11) is -3.75. The first-order valence-electron chi connectivity index (χ1n) is 4.10. The highest BCUT2D eigenvalue weighted by atomic mass is 32.2. The van der Waals surface area contributed by atoms with Crippen molar-refractivity contribution in [1.82, 2.24) is 5.32 Å². The van der Waals surface area contributed by atoms with E-state index in [1.54, 1.807) is 0 Å². The zero-order valence-electron chi connectivity index (χ0n) is 7.58. The summed E-state index contributed by atoms with van der Waals surface area (Å²) in [6, 6.07) is 0.427. The molecule has 5 heteroatoms. The van der Waals surface area contributed by atoms with Gasteiger partial charge in [-0.25, -0.2) is 0 Å². The molecule has 0 aliphatic rings. The quantitative estimate of drug-likeness (QED) is 0.482. The van der Waals surface area contributed by atoms with Gasteiger partial charge in [-0.15, -0.1) is 0 Å². The highest BCUT2D eigenvalue weighted by Crippen LogP contribution is 1.92. The Morgan fingerprint density at radius 2 is 1.92 bits per heavy atom. The molecule has 4 nitrogen and oxygen atoms in total. The second kappa shape index (κ2) is 5.50. The van der Waals surface area contributed by atoms with Crippen LogP contribution in [0.2, 0.25) is 0 Å². The van der Waals surface area contributed by atoms with Crippen molar-refractivity contribution in [2.75, 3.05) is 12.3 Å². The Kier molecular flexibility index (Phi) is 5.44. The largest absolute Gasteiger partial charge is 0.315 e. The zero-order valence-corrected chi connectivity index (χ0v) is 8.39. The van der Waals surface area contributed by atoms with Gasteiger partial charge in [0.25, 0.3) is 10.1 Å². The molecule has 0 spiro atoms. The third-order valence-electron chi connectivity index (χ3n) is 1.38. The molecular formula is C7H17NO3S. The van der Waals surface area contributed by atoms with Gasteiger partial charge in [0.1, 0.15) is 0 Å². The van der Waals surface area contributed by atoms with Crippen LogP contribution in [0.15, 0.2) is 0 Å². The Hall–Kier alpha value is -0.130. The minimum atomic E-state index is -3.75. The molecule has 0 aliphatic carbocycles. The number of nitrogens with one attached hydrogen (secondary N) is 1. The van der Waals surface area contributed by atoms with Gasteiger partial charge in [0.15, 0.2) is 0 Å². The van der Waals surface area contributed by atoms with Gasteiger partial charge in [-0.2, -0.15) is 8.42 Å². The van der Waals surface area contributed by atoms with Crippen LogP contribution in [0.1, 0.15) is 26.7 Å². The van der Waals surface area contributed by atoms with Gasteiger partial charge >= 0.3 is 0 Å². The molecule has 0 aromatic carbocycles. The maximum absolute atomic E-state index is 10.3. The van der Waals surface area contributed by atoms with E-state index in [-0.39, 0.29) is 5.75 Å². The summed E-state index contributed by atoms with van der Waals surface area (Å²) in [6.07, 6.45) is 1.29. The van der Waals surface area contributed by atoms with Gasteiger partial charge in [0, 0.05) is 6.04 Å². The molecule has 0 fully saturated rings. The molecule has 0 bridgehead atoms. The Balaban J connectivity index is 3.23. The van der Waals surface area contributed by atoms with E-state index in [1.807, 2.05) is 13.8 Å². The second-order valence-electron chi connectivity index (χ2n) is 3.10. The van der Waals surface area contributed by atoms with Crippen molar-refractivity contribution < 1.29 is 13.0 Å². The summed E-state index contributed by atoms with van der Waals surface area (Å²) < 4.78 is 28.9. The van der Waals surface area contributed by atoms with E-state index in [1.165, 1.54) is 0 Å². The lowest BCUT2D eigenvalue weighted by Gasteiger charge is -2.06. The Labute approximate surface area is 74.1 Å². The van der Waals surface area contributed by atoms with Gasteiger partial charge in [0.05, 0.1) is 5.75 Å². The third kappa shape index (κ3) is 9.87. The van der Waals surface area contributed by atoms with E-state index in [0.29, 0.717) is 12.5 Å². The Bertz CT molecular complexity index is 199. The van der Waals surface area contributed by atoms with Gasteiger partial charge in [-0.3, -0.25) is 4.55 Å². The van der Waals surface area contributed by atoms with Crippen LogP contribution in [-0.2, 0) is 10.1 Å². The monoisotopic (exact) mass is 195 g/mol. The molecule has 0 saturated heterocycles. The van der Waals surface area contributed by atoms with Crippen LogP contribution in [0, 0.1) is 0 Å². The van der Waals surface area contributed by atoms with E-state index in [4.69, 9.17) is 4.55 Å². The molecule has 0 saturated carbocycles. The van der Waals surface area contributed by atoms with Crippen LogP contribution in [0.4, 0.5) is 0 Å². The average molecular weight is 195 g/mol. The van der Waals surface area contributed by atoms with Crippen LogP contribution in [0.5, 0.6) is 0 Å². The first-order valence-corrected chi connectivity index (χ1v) is 5.71. The molecular weight excluding hydrogens is 178 g/mol. The molecule has 0 aromatic rings. The maximum atomic E-state index is 10.3. The van der Waals surface area contributed by atoms with Gasteiger partial charge in [-0.1, -0.05) is 13.8 Å². The second-order valence-corrected chi connectivity index (χ2v) is 4.67. The van der Waals surface area contributed by atoms with Crippen LogP contribution in [0.25, 0.3) is 0 Å². The molecule has 0 amide bonds. The van der Waals surface area contributed by atoms with Crippen LogP contribution in [-0.4, -0.2) is 31.3 Å². The predicted octanol–water partition coefficient (Wildman–Crippen LogP) is 0.652. The molecule has 0 radical (unpaired) electrons. The lowest BCUT2D eigenvalue weighted by molar-refractivity contribution is 0.478. The van der Waals surface area contributed by atoms with Gasteiger partial charge < -0.3 is 5.32 Å². The summed E-state index contributed by atoms with van der Waals surface area (Å²) in [5.74, 6) is -0.132. The maximum Gasteiger partial charge on any atom is 0.264 e. The Morgan fingerprint density at radius 1 is 1.33 bits per heavy atom. The van der Waals surface area contributed by atoms with Crippen molar-refractivity contribution in [2.24, 2.45) is 0 Å². The number of hydrogen-bond donors (Lipinski definition) is 2. The summed E-state index contributed by atoms with van der Waals surface area (Å²) in [4.78, 5) is 0. The van der Waals surface area contributed by atoms with Crippen LogP contribution < -0.4 is 5.32 Å². The van der Waals surface area contributed by atoms with Crippen molar-refractivity contribution in [3.63, 3.8) is 0 Å². The molecule has 12 heavy (non-hydrogen) atoms. The molecule has 0 heterocycles. The smallest absolute Gasteiger partial charge is 0.264 e. The van der Waals surface area contributed by atoms with Gasteiger partial charge in [-0.05, 0) is 19.4 Å². The number of unbranched alkanes of at least 4 members (excludes halogenated alkanes) is 1. The average Bonchev–Trinajstić information content (AvgIpc) is 1.83. The number of hydrogen-bond acceptors (Lipinski definition) is 3. The lowest BCUT2D eigenvalue weighted by Crippen LogP contribution is -2.24. The van der Waals surface area contributed by atoms with Gasteiger partial charge in [0.2, 0.25) is 0 Å². The fraction of sp³-hybridized carbons (Fsp3) is 1.00. The highest BCUT2D eigenvalue weighted by molar-refractivity contribution is 7.85. The van der Waals surface area contributed by atoms with Crippen LogP contribution in [0.3, 0.4) is 0 Å². The molecule has 0 unspecified atom stereocenters. The first kappa shape index (κ1) is 11.9. The topological polar surface area (TPSA) is 66.4 Å². The summed E-state index contributed by atoms with van der Waals surface area (Å²) >= 11 is 0. The molecule has 2 N–H and O–H groups in total. The van der Waals surface area contributed by atoms with E-state index < -0.39 is 10.1 Å². The van der Waals surface area contributed by atoms with Crippen molar-refractivity contribution in [3.8, 4) is 0 Å². The SMILES string of the molecule is CC(C)NCCCCS(=O)(=O)O. The lowest BCUT2D eigenvalue weighted by atomic mass is 10.3. The van der Waals surface area contributed by atoms with E-state index in [2.05, 4.69) is 5.32 Å². The molecule has 74 valence electrons. The molecule has 0 atom stereocenters. The summed E-state index contributed by atoms with van der Waals surface area (Å²) in [5.41, 5.74) is 0. The standard InChI is InChI=1S/C7H17NO3S/c1-7(2)8-5-3-4-6-12(9,10)11/h7-8H,3-6H2,1-2H3,(H,9,10,11). The van der Waals surface area contributed by atoms with E-state index in [0.717, 1.165) is 13.0 Å². The van der Waals surface area contributed by atoms with E-state index in [9.17, 15) is 8.42 Å². The molecule has 0 rings (SSSR count). The van der Waals surface area contributed by atoms with E-state index >= 15 is 0 Å². The highest BCUT2D eigenvalue weighted by Gasteiger charge is 2.02. The minimum absolute atomic E-state index is 0.132. The van der Waals surface area contributed by atoms with Crippen LogP contribution >= 0.6 is 0 Å². The van der Waals surface area contributed by atoms with Crippen molar-refractivity contribution in [1.29, 1.82) is 0 Å².